The lowest BCUT2D eigenvalue weighted by molar-refractivity contribution is 0.447. The predicted molar refractivity (Wildman–Crippen MR) is 78.7 cm³/mol. The van der Waals surface area contributed by atoms with Gasteiger partial charge in [-0.1, -0.05) is 39.7 Å². The number of nitrogens with zero attached hydrogens (tertiary/aromatic N) is 1. The summed E-state index contributed by atoms with van der Waals surface area (Å²) >= 11 is 0. The number of nitrogens with one attached hydrogen (secondary N) is 1. The molecule has 0 amide bonds. The quantitative estimate of drug-likeness (QED) is 0.743. The third-order valence-electron chi connectivity index (χ3n) is 3.25. The van der Waals surface area contributed by atoms with E-state index in [0.717, 1.165) is 18.2 Å². The van der Waals surface area contributed by atoms with Crippen molar-refractivity contribution in [2.45, 2.75) is 59.4 Å². The third kappa shape index (κ3) is 5.63. The maximum atomic E-state index is 4.41. The van der Waals surface area contributed by atoms with E-state index in [9.17, 15) is 0 Å². The highest BCUT2D eigenvalue weighted by molar-refractivity contribution is 5.17. The summed E-state index contributed by atoms with van der Waals surface area (Å²) in [6.45, 7) is 9.92. The van der Waals surface area contributed by atoms with Gasteiger partial charge in [0, 0.05) is 17.9 Å². The smallest absolute Gasteiger partial charge is 0.0372 e. The molecule has 102 valence electrons. The molecular formula is C16H28N2. The summed E-state index contributed by atoms with van der Waals surface area (Å²) in [4.78, 5) is 4.41. The van der Waals surface area contributed by atoms with Crippen molar-refractivity contribution in [1.29, 1.82) is 0 Å². The Labute approximate surface area is 112 Å². The summed E-state index contributed by atoms with van der Waals surface area (Å²) in [7, 11) is 0. The standard InChI is InChI=1S/C16H28N2/c1-5-11-17-16(8-6-7-13(2)3)15-10-9-14(4)18-12-15/h9-10,12-13,16-17H,5-8,11H2,1-4H3. The minimum Gasteiger partial charge on any atom is -0.310 e. The Hall–Kier alpha value is -0.890. The molecule has 1 rings (SSSR count). The minimum absolute atomic E-state index is 0.469. The Bertz CT molecular complexity index is 316. The van der Waals surface area contributed by atoms with Gasteiger partial charge in [0.1, 0.15) is 0 Å². The molecule has 0 bridgehead atoms. The lowest BCUT2D eigenvalue weighted by Crippen LogP contribution is -2.22. The van der Waals surface area contributed by atoms with Crippen molar-refractivity contribution in [3.05, 3.63) is 29.6 Å². The topological polar surface area (TPSA) is 24.9 Å². The first-order chi connectivity index (χ1) is 8.63. The Balaban J connectivity index is 2.56. The number of rotatable bonds is 8. The lowest BCUT2D eigenvalue weighted by Gasteiger charge is -2.19. The van der Waals surface area contributed by atoms with Gasteiger partial charge in [-0.15, -0.1) is 0 Å². The fourth-order valence-corrected chi connectivity index (χ4v) is 2.12. The van der Waals surface area contributed by atoms with Gasteiger partial charge in [0.05, 0.1) is 0 Å². The van der Waals surface area contributed by atoms with E-state index in [-0.39, 0.29) is 0 Å². The monoisotopic (exact) mass is 248 g/mol. The van der Waals surface area contributed by atoms with Gasteiger partial charge in [0.2, 0.25) is 0 Å². The van der Waals surface area contributed by atoms with Crippen LogP contribution in [0.5, 0.6) is 0 Å². The molecule has 1 aromatic rings. The Kier molecular flexibility index (Phi) is 6.96. The van der Waals surface area contributed by atoms with Crippen molar-refractivity contribution < 1.29 is 0 Å². The van der Waals surface area contributed by atoms with Crippen molar-refractivity contribution in [1.82, 2.24) is 10.3 Å². The van der Waals surface area contributed by atoms with Crippen LogP contribution < -0.4 is 5.32 Å². The number of aromatic nitrogens is 1. The van der Waals surface area contributed by atoms with E-state index in [1.807, 2.05) is 13.1 Å². The van der Waals surface area contributed by atoms with Crippen LogP contribution in [0.15, 0.2) is 18.3 Å². The number of hydrogen-bond donors (Lipinski definition) is 1. The molecule has 0 saturated carbocycles. The fraction of sp³-hybridized carbons (Fsp3) is 0.688. The molecule has 1 unspecified atom stereocenters. The molecule has 0 fully saturated rings. The van der Waals surface area contributed by atoms with Crippen LogP contribution >= 0.6 is 0 Å². The molecule has 1 N–H and O–H groups in total. The maximum absolute atomic E-state index is 4.41. The van der Waals surface area contributed by atoms with Crippen molar-refractivity contribution in [2.24, 2.45) is 5.92 Å². The van der Waals surface area contributed by atoms with Gasteiger partial charge in [-0.05, 0) is 43.9 Å². The molecule has 2 heteroatoms. The average molecular weight is 248 g/mol. The second-order valence-corrected chi connectivity index (χ2v) is 5.56. The highest BCUT2D eigenvalue weighted by Gasteiger charge is 2.10. The van der Waals surface area contributed by atoms with Gasteiger partial charge in [-0.3, -0.25) is 4.98 Å². The van der Waals surface area contributed by atoms with Crippen molar-refractivity contribution in [3.63, 3.8) is 0 Å². The summed E-state index contributed by atoms with van der Waals surface area (Å²) in [6.07, 6.45) is 7.01. The second kappa shape index (κ2) is 8.25. The molecule has 2 nitrogen and oxygen atoms in total. The van der Waals surface area contributed by atoms with Gasteiger partial charge in [0.25, 0.3) is 0 Å². The Morgan fingerprint density at radius 3 is 2.56 bits per heavy atom. The summed E-state index contributed by atoms with van der Waals surface area (Å²) in [6, 6.07) is 4.79. The van der Waals surface area contributed by atoms with E-state index >= 15 is 0 Å². The van der Waals surface area contributed by atoms with Crippen LogP contribution in [0.25, 0.3) is 0 Å². The van der Waals surface area contributed by atoms with E-state index in [1.165, 1.54) is 31.2 Å². The number of hydrogen-bond acceptors (Lipinski definition) is 2. The summed E-state index contributed by atoms with van der Waals surface area (Å²) in [5.74, 6) is 0.799. The fourth-order valence-electron chi connectivity index (χ4n) is 2.12. The van der Waals surface area contributed by atoms with Crippen molar-refractivity contribution >= 4 is 0 Å². The third-order valence-corrected chi connectivity index (χ3v) is 3.25. The molecule has 0 spiro atoms. The minimum atomic E-state index is 0.469. The maximum Gasteiger partial charge on any atom is 0.0372 e. The second-order valence-electron chi connectivity index (χ2n) is 5.56. The van der Waals surface area contributed by atoms with E-state index in [0.29, 0.717) is 6.04 Å². The molecule has 0 aromatic carbocycles. The molecule has 0 aliphatic carbocycles. The van der Waals surface area contributed by atoms with Crippen LogP contribution in [0.3, 0.4) is 0 Å². The summed E-state index contributed by atoms with van der Waals surface area (Å²) in [5.41, 5.74) is 2.42. The van der Waals surface area contributed by atoms with E-state index in [2.05, 4.69) is 43.2 Å². The number of aryl methyl sites for hydroxylation is 1. The van der Waals surface area contributed by atoms with Gasteiger partial charge in [-0.2, -0.15) is 0 Å². The molecule has 0 aliphatic rings. The highest BCUT2D eigenvalue weighted by atomic mass is 14.9. The van der Waals surface area contributed by atoms with Crippen LogP contribution in [0, 0.1) is 12.8 Å². The highest BCUT2D eigenvalue weighted by Crippen LogP contribution is 2.20. The molecule has 1 heterocycles. The van der Waals surface area contributed by atoms with E-state index in [4.69, 9.17) is 0 Å². The first-order valence-corrected chi connectivity index (χ1v) is 7.29. The zero-order valence-electron chi connectivity index (χ0n) is 12.4. The van der Waals surface area contributed by atoms with E-state index in [1.54, 1.807) is 0 Å². The SMILES string of the molecule is CCCNC(CCCC(C)C)c1ccc(C)nc1. The van der Waals surface area contributed by atoms with Crippen molar-refractivity contribution in [2.75, 3.05) is 6.54 Å². The predicted octanol–water partition coefficient (Wildman–Crippen LogP) is 4.26. The zero-order valence-corrected chi connectivity index (χ0v) is 12.4. The van der Waals surface area contributed by atoms with Crippen LogP contribution in [-0.4, -0.2) is 11.5 Å². The molecule has 1 atom stereocenters. The molecular weight excluding hydrogens is 220 g/mol. The summed E-state index contributed by atoms with van der Waals surface area (Å²) in [5, 5.41) is 3.64. The largest absolute Gasteiger partial charge is 0.310 e. The van der Waals surface area contributed by atoms with Crippen LogP contribution in [0.1, 0.15) is 63.8 Å². The molecule has 0 saturated heterocycles. The van der Waals surface area contributed by atoms with Gasteiger partial charge in [-0.25, -0.2) is 0 Å². The Morgan fingerprint density at radius 2 is 2.00 bits per heavy atom. The van der Waals surface area contributed by atoms with Gasteiger partial charge >= 0.3 is 0 Å². The lowest BCUT2D eigenvalue weighted by atomic mass is 9.99. The average Bonchev–Trinajstić information content (AvgIpc) is 2.34. The molecule has 0 radical (unpaired) electrons. The molecule has 0 aliphatic heterocycles. The van der Waals surface area contributed by atoms with Gasteiger partial charge in [0.15, 0.2) is 0 Å². The van der Waals surface area contributed by atoms with Crippen LogP contribution in [-0.2, 0) is 0 Å². The first kappa shape index (κ1) is 15.2. The van der Waals surface area contributed by atoms with Crippen molar-refractivity contribution in [3.8, 4) is 0 Å². The molecule has 18 heavy (non-hydrogen) atoms. The number of pyridine rings is 1. The Morgan fingerprint density at radius 1 is 1.22 bits per heavy atom. The summed E-state index contributed by atoms with van der Waals surface area (Å²) < 4.78 is 0. The van der Waals surface area contributed by atoms with E-state index < -0.39 is 0 Å². The first-order valence-electron chi connectivity index (χ1n) is 7.29. The van der Waals surface area contributed by atoms with Crippen LogP contribution in [0.4, 0.5) is 0 Å². The zero-order chi connectivity index (χ0) is 13.4. The van der Waals surface area contributed by atoms with Gasteiger partial charge < -0.3 is 5.32 Å². The normalized spacial score (nSPS) is 12.9. The van der Waals surface area contributed by atoms with Crippen LogP contribution in [0.2, 0.25) is 0 Å². The molecule has 1 aromatic heterocycles.